The number of hydrogen-bond acceptors (Lipinski definition) is 5. The summed E-state index contributed by atoms with van der Waals surface area (Å²) in [6, 6.07) is 18.7. The first-order valence-corrected chi connectivity index (χ1v) is 8.51. The van der Waals surface area contributed by atoms with Crippen LogP contribution in [-0.4, -0.2) is 32.1 Å². The highest BCUT2D eigenvalue weighted by Crippen LogP contribution is 2.26. The van der Waals surface area contributed by atoms with Gasteiger partial charge in [0.25, 0.3) is 5.91 Å². The molecule has 1 aromatic heterocycles. The number of methoxy groups -OCH3 is 1. The minimum atomic E-state index is -0.253. The van der Waals surface area contributed by atoms with Crippen molar-refractivity contribution in [3.05, 3.63) is 72.6 Å². The molecule has 3 aromatic rings. The Labute approximate surface area is 158 Å². The fourth-order valence-corrected chi connectivity index (χ4v) is 2.54. The number of rotatable bonds is 6. The number of anilines is 4. The Morgan fingerprint density at radius 2 is 1.67 bits per heavy atom. The van der Waals surface area contributed by atoms with Crippen LogP contribution >= 0.6 is 0 Å². The number of para-hydroxylation sites is 2. The lowest BCUT2D eigenvalue weighted by Crippen LogP contribution is -2.14. The zero-order chi connectivity index (χ0) is 19.2. The Bertz CT molecular complexity index is 906. The first-order chi connectivity index (χ1) is 13.1. The summed E-state index contributed by atoms with van der Waals surface area (Å²) in [5, 5.41) is 6.08. The molecule has 0 aliphatic rings. The van der Waals surface area contributed by atoms with Crippen molar-refractivity contribution in [2.75, 3.05) is 36.7 Å². The van der Waals surface area contributed by atoms with Gasteiger partial charge in [-0.1, -0.05) is 12.1 Å². The normalized spacial score (nSPS) is 10.2. The molecule has 0 saturated heterocycles. The second-order valence-electron chi connectivity index (χ2n) is 6.15. The lowest BCUT2D eigenvalue weighted by molar-refractivity contribution is 0.102. The van der Waals surface area contributed by atoms with Crippen LogP contribution in [0.3, 0.4) is 0 Å². The Balaban J connectivity index is 1.66. The molecule has 1 heterocycles. The Hall–Kier alpha value is -3.54. The number of ether oxygens (including phenoxy) is 1. The highest BCUT2D eigenvalue weighted by molar-refractivity contribution is 6.03. The molecule has 0 unspecified atom stereocenters. The van der Waals surface area contributed by atoms with Crippen molar-refractivity contribution in [2.24, 2.45) is 0 Å². The van der Waals surface area contributed by atoms with Crippen LogP contribution < -0.4 is 20.3 Å². The van der Waals surface area contributed by atoms with E-state index in [1.807, 2.05) is 73.6 Å². The molecule has 0 spiro atoms. The molecule has 0 aliphatic heterocycles. The van der Waals surface area contributed by atoms with E-state index in [-0.39, 0.29) is 5.91 Å². The van der Waals surface area contributed by atoms with Gasteiger partial charge in [0, 0.05) is 25.5 Å². The van der Waals surface area contributed by atoms with E-state index in [2.05, 4.69) is 15.6 Å². The number of pyridine rings is 1. The third-order valence-corrected chi connectivity index (χ3v) is 4.02. The fraction of sp³-hybridized carbons (Fsp3) is 0.143. The van der Waals surface area contributed by atoms with Gasteiger partial charge in [0.1, 0.15) is 11.4 Å². The van der Waals surface area contributed by atoms with Crippen LogP contribution in [0.15, 0.2) is 66.9 Å². The highest BCUT2D eigenvalue weighted by Gasteiger charge is 2.09. The zero-order valence-corrected chi connectivity index (χ0v) is 15.6. The van der Waals surface area contributed by atoms with Gasteiger partial charge < -0.3 is 20.3 Å². The van der Waals surface area contributed by atoms with Crippen LogP contribution in [0.5, 0.6) is 5.75 Å². The van der Waals surface area contributed by atoms with E-state index in [1.165, 1.54) is 0 Å². The summed E-state index contributed by atoms with van der Waals surface area (Å²) < 4.78 is 5.32. The minimum Gasteiger partial charge on any atom is -0.495 e. The fourth-order valence-electron chi connectivity index (χ4n) is 2.54. The van der Waals surface area contributed by atoms with E-state index in [0.717, 1.165) is 28.5 Å². The van der Waals surface area contributed by atoms with Gasteiger partial charge in [-0.15, -0.1) is 0 Å². The second kappa shape index (κ2) is 8.23. The van der Waals surface area contributed by atoms with Crippen molar-refractivity contribution in [2.45, 2.75) is 0 Å². The molecule has 1 amide bonds. The molecule has 6 heteroatoms. The molecule has 2 N–H and O–H groups in total. The van der Waals surface area contributed by atoms with Gasteiger partial charge in [-0.2, -0.15) is 0 Å². The van der Waals surface area contributed by atoms with Crippen LogP contribution in [0.1, 0.15) is 10.5 Å². The maximum absolute atomic E-state index is 12.4. The Morgan fingerprint density at radius 3 is 2.30 bits per heavy atom. The molecule has 138 valence electrons. The van der Waals surface area contributed by atoms with Crippen molar-refractivity contribution in [1.29, 1.82) is 0 Å². The maximum atomic E-state index is 12.4. The van der Waals surface area contributed by atoms with Crippen LogP contribution in [0, 0.1) is 0 Å². The summed E-state index contributed by atoms with van der Waals surface area (Å²) in [7, 11) is 5.56. The van der Waals surface area contributed by atoms with Crippen LogP contribution in [0.2, 0.25) is 0 Å². The molecule has 0 aliphatic carbocycles. The third kappa shape index (κ3) is 4.55. The van der Waals surface area contributed by atoms with Gasteiger partial charge in [-0.05, 0) is 48.5 Å². The molecule has 3 rings (SSSR count). The van der Waals surface area contributed by atoms with E-state index >= 15 is 0 Å². The topological polar surface area (TPSA) is 66.5 Å². The number of amides is 1. The SMILES string of the molecule is COc1ccccc1Nc1ccc(C(=O)Nc2ccc(N(C)C)cc2)nc1. The number of hydrogen-bond donors (Lipinski definition) is 2. The largest absolute Gasteiger partial charge is 0.495 e. The number of aromatic nitrogens is 1. The summed E-state index contributed by atoms with van der Waals surface area (Å²) in [4.78, 5) is 18.6. The summed E-state index contributed by atoms with van der Waals surface area (Å²) in [5.41, 5.74) is 3.74. The van der Waals surface area contributed by atoms with Gasteiger partial charge >= 0.3 is 0 Å². The van der Waals surface area contributed by atoms with Crippen molar-refractivity contribution in [3.63, 3.8) is 0 Å². The average Bonchev–Trinajstić information content (AvgIpc) is 2.69. The van der Waals surface area contributed by atoms with Gasteiger partial charge in [-0.3, -0.25) is 4.79 Å². The van der Waals surface area contributed by atoms with Crippen molar-refractivity contribution in [1.82, 2.24) is 4.98 Å². The first-order valence-electron chi connectivity index (χ1n) is 8.51. The summed E-state index contributed by atoms with van der Waals surface area (Å²) in [6.07, 6.45) is 1.62. The molecule has 0 bridgehead atoms. The summed E-state index contributed by atoms with van der Waals surface area (Å²) >= 11 is 0. The molecule has 6 nitrogen and oxygen atoms in total. The smallest absolute Gasteiger partial charge is 0.274 e. The number of carbonyl (C=O) groups is 1. The lowest BCUT2D eigenvalue weighted by Gasteiger charge is -2.13. The van der Waals surface area contributed by atoms with Gasteiger partial charge in [0.2, 0.25) is 0 Å². The van der Waals surface area contributed by atoms with Crippen molar-refractivity contribution < 1.29 is 9.53 Å². The first kappa shape index (κ1) is 18.3. The van der Waals surface area contributed by atoms with Crippen molar-refractivity contribution >= 4 is 28.7 Å². The average molecular weight is 362 g/mol. The predicted octanol–water partition coefficient (Wildman–Crippen LogP) is 4.15. The molecule has 0 saturated carbocycles. The van der Waals surface area contributed by atoms with Gasteiger partial charge in [0.05, 0.1) is 24.7 Å². The van der Waals surface area contributed by atoms with E-state index in [4.69, 9.17) is 4.74 Å². The highest BCUT2D eigenvalue weighted by atomic mass is 16.5. The maximum Gasteiger partial charge on any atom is 0.274 e. The number of benzene rings is 2. The van der Waals surface area contributed by atoms with E-state index in [9.17, 15) is 4.79 Å². The molecular formula is C21H22N4O2. The minimum absolute atomic E-state index is 0.253. The van der Waals surface area contributed by atoms with Crippen LogP contribution in [0.4, 0.5) is 22.7 Å². The van der Waals surface area contributed by atoms with E-state index in [0.29, 0.717) is 5.69 Å². The lowest BCUT2D eigenvalue weighted by atomic mass is 10.2. The van der Waals surface area contributed by atoms with Crippen LogP contribution in [0.25, 0.3) is 0 Å². The Morgan fingerprint density at radius 1 is 0.963 bits per heavy atom. The van der Waals surface area contributed by atoms with Crippen LogP contribution in [-0.2, 0) is 0 Å². The van der Waals surface area contributed by atoms with E-state index in [1.54, 1.807) is 19.4 Å². The third-order valence-electron chi connectivity index (χ3n) is 4.02. The number of nitrogens with zero attached hydrogens (tertiary/aromatic N) is 2. The second-order valence-corrected chi connectivity index (χ2v) is 6.15. The molecular weight excluding hydrogens is 340 g/mol. The zero-order valence-electron chi connectivity index (χ0n) is 15.6. The molecule has 0 atom stereocenters. The molecule has 2 aromatic carbocycles. The van der Waals surface area contributed by atoms with Gasteiger partial charge in [0.15, 0.2) is 0 Å². The number of nitrogens with one attached hydrogen (secondary N) is 2. The Kier molecular flexibility index (Phi) is 5.56. The van der Waals surface area contributed by atoms with E-state index < -0.39 is 0 Å². The summed E-state index contributed by atoms with van der Waals surface area (Å²) in [5.74, 6) is 0.483. The van der Waals surface area contributed by atoms with Gasteiger partial charge in [-0.25, -0.2) is 4.98 Å². The number of carbonyl (C=O) groups excluding carboxylic acids is 1. The molecule has 27 heavy (non-hydrogen) atoms. The van der Waals surface area contributed by atoms with Crippen molar-refractivity contribution in [3.8, 4) is 5.75 Å². The quantitative estimate of drug-likeness (QED) is 0.689. The monoisotopic (exact) mass is 362 g/mol. The predicted molar refractivity (Wildman–Crippen MR) is 109 cm³/mol. The molecule has 0 radical (unpaired) electrons. The standard InChI is InChI=1S/C21H22N4O2/c1-25(2)17-11-8-15(9-12-17)24-21(26)19-13-10-16(14-22-19)23-18-6-4-5-7-20(18)27-3/h4-14,23H,1-3H3,(H,24,26). The summed E-state index contributed by atoms with van der Waals surface area (Å²) in [6.45, 7) is 0. The molecule has 0 fully saturated rings.